The second-order valence-electron chi connectivity index (χ2n) is 7.55. The minimum Gasteiger partial charge on any atom is -0.497 e. The zero-order chi connectivity index (χ0) is 24.2. The molecule has 3 aromatic heterocycles. The zero-order valence-electron chi connectivity index (χ0n) is 19.3. The molecule has 0 amide bonds. The van der Waals surface area contributed by atoms with Crippen LogP contribution in [0.15, 0.2) is 42.9 Å². The Morgan fingerprint density at radius 3 is 2.57 bits per heavy atom. The zero-order valence-corrected chi connectivity index (χ0v) is 19.3. The first kappa shape index (κ1) is 25.8. The lowest BCUT2D eigenvalue weighted by atomic mass is 10.2. The maximum atomic E-state index is 15.4. The van der Waals surface area contributed by atoms with E-state index in [1.165, 1.54) is 38.4 Å². The second-order valence-corrected chi connectivity index (χ2v) is 7.55. The molecule has 10 nitrogen and oxygen atoms in total. The van der Waals surface area contributed by atoms with Gasteiger partial charge in [0.15, 0.2) is 17.2 Å². The molecule has 11 heteroatoms. The number of benzene rings is 1. The number of nitrogens with zero attached hydrogens (tertiary/aromatic N) is 6. The van der Waals surface area contributed by atoms with Gasteiger partial charge in [-0.05, 0) is 12.1 Å². The smallest absolute Gasteiger partial charge is 0.188 e. The molecule has 0 aliphatic heterocycles. The fourth-order valence-corrected chi connectivity index (χ4v) is 3.52. The average Bonchev–Trinajstić information content (AvgIpc) is 3.28. The highest BCUT2D eigenvalue weighted by Gasteiger charge is 2.23. The van der Waals surface area contributed by atoms with Gasteiger partial charge in [-0.15, -0.1) is 0 Å². The summed E-state index contributed by atoms with van der Waals surface area (Å²) in [4.78, 5) is 15.2. The number of aliphatic hydroxyl groups is 1. The molecule has 1 aromatic carbocycles. The summed E-state index contributed by atoms with van der Waals surface area (Å²) in [7, 11) is 6.14. The van der Waals surface area contributed by atoms with Crippen LogP contribution in [0.2, 0.25) is 0 Å². The molecule has 0 aliphatic carbocycles. The van der Waals surface area contributed by atoms with Crippen molar-refractivity contribution in [1.29, 1.82) is 0 Å². The molecule has 35 heavy (non-hydrogen) atoms. The Bertz CT molecular complexity index is 1300. The number of aliphatic hydroxyl groups excluding tert-OH is 1. The van der Waals surface area contributed by atoms with Crippen LogP contribution in [-0.4, -0.2) is 70.4 Å². The van der Waals surface area contributed by atoms with E-state index in [4.69, 9.17) is 14.2 Å². The van der Waals surface area contributed by atoms with Gasteiger partial charge in [0.1, 0.15) is 17.1 Å². The van der Waals surface area contributed by atoms with Gasteiger partial charge in [0.2, 0.25) is 0 Å². The number of hydrogen-bond donors (Lipinski definition) is 1. The molecule has 0 aliphatic rings. The van der Waals surface area contributed by atoms with E-state index < -0.39 is 11.9 Å². The summed E-state index contributed by atoms with van der Waals surface area (Å²) in [6.07, 6.45) is 4.23. The maximum absolute atomic E-state index is 15.4. The molecule has 1 unspecified atom stereocenters. The van der Waals surface area contributed by atoms with E-state index in [1.807, 2.05) is 13.2 Å². The summed E-state index contributed by atoms with van der Waals surface area (Å²) >= 11 is 0. The van der Waals surface area contributed by atoms with Crippen LogP contribution in [-0.2, 0) is 11.8 Å². The molecule has 0 saturated carbocycles. The van der Waals surface area contributed by atoms with Gasteiger partial charge >= 0.3 is 0 Å². The van der Waals surface area contributed by atoms with Crippen LogP contribution in [0.4, 0.5) is 15.9 Å². The Hall–Kier alpha value is -3.83. The fraction of sp³-hybridized carbons (Fsp3) is 0.333. The Morgan fingerprint density at radius 2 is 1.91 bits per heavy atom. The first-order valence-electron chi connectivity index (χ1n) is 10.4. The number of aromatic nitrogens is 5. The lowest BCUT2D eigenvalue weighted by Gasteiger charge is -2.27. The Labute approximate surface area is 202 Å². The summed E-state index contributed by atoms with van der Waals surface area (Å²) in [5.41, 5.74) is 2.44. The van der Waals surface area contributed by atoms with E-state index in [1.54, 1.807) is 29.2 Å². The Kier molecular flexibility index (Phi) is 8.15. The average molecular weight is 485 g/mol. The monoisotopic (exact) mass is 484 g/mol. The molecular formula is C24H29FN6O4. The van der Waals surface area contributed by atoms with E-state index in [2.05, 4.69) is 20.1 Å². The number of fused-ring (bicyclic) bond motifs is 1. The number of pyridine rings is 1. The van der Waals surface area contributed by atoms with Crippen molar-refractivity contribution in [2.24, 2.45) is 7.05 Å². The van der Waals surface area contributed by atoms with Crippen molar-refractivity contribution in [1.82, 2.24) is 24.7 Å². The molecule has 3 heterocycles. The largest absolute Gasteiger partial charge is 0.497 e. The van der Waals surface area contributed by atoms with Gasteiger partial charge in [0, 0.05) is 38.1 Å². The highest BCUT2D eigenvalue weighted by atomic mass is 19.1. The predicted octanol–water partition coefficient (Wildman–Crippen LogP) is 3.36. The number of ether oxygens (including phenoxy) is 3. The summed E-state index contributed by atoms with van der Waals surface area (Å²) in [6.45, 7) is 0.0487. The summed E-state index contributed by atoms with van der Waals surface area (Å²) in [5.74, 6) is 0.124. The third-order valence-electron chi connectivity index (χ3n) is 5.16. The maximum Gasteiger partial charge on any atom is 0.188 e. The number of anilines is 2. The number of rotatable bonds is 9. The van der Waals surface area contributed by atoms with Gasteiger partial charge in [-0.1, -0.05) is 7.43 Å². The van der Waals surface area contributed by atoms with Crippen molar-refractivity contribution in [2.45, 2.75) is 13.5 Å². The van der Waals surface area contributed by atoms with Crippen LogP contribution < -0.4 is 14.4 Å². The number of aryl methyl sites for hydroxylation is 1. The summed E-state index contributed by atoms with van der Waals surface area (Å²) in [6, 6.07) is 6.39. The normalized spacial score (nSPS) is 11.7. The van der Waals surface area contributed by atoms with Gasteiger partial charge in [-0.2, -0.15) is 5.10 Å². The highest BCUT2D eigenvalue weighted by molar-refractivity contribution is 5.77. The van der Waals surface area contributed by atoms with Gasteiger partial charge in [-0.25, -0.2) is 14.4 Å². The molecule has 0 radical (unpaired) electrons. The number of methoxy groups -OCH3 is 3. The molecular weight excluding hydrogens is 455 g/mol. The molecule has 0 bridgehead atoms. The predicted molar refractivity (Wildman–Crippen MR) is 131 cm³/mol. The van der Waals surface area contributed by atoms with E-state index in [-0.39, 0.29) is 32.0 Å². The number of hydrogen-bond acceptors (Lipinski definition) is 9. The van der Waals surface area contributed by atoms with Crippen molar-refractivity contribution in [3.05, 3.63) is 48.7 Å². The number of halogens is 1. The van der Waals surface area contributed by atoms with Gasteiger partial charge in [0.05, 0.1) is 57.3 Å². The molecule has 1 N–H and O–H groups in total. The molecule has 0 spiro atoms. The molecule has 186 valence electrons. The molecule has 4 aromatic rings. The second kappa shape index (κ2) is 11.1. The third kappa shape index (κ3) is 5.47. The van der Waals surface area contributed by atoms with Crippen molar-refractivity contribution < 1.29 is 23.7 Å². The van der Waals surface area contributed by atoms with Crippen LogP contribution in [0.3, 0.4) is 0 Å². The lowest BCUT2D eigenvalue weighted by molar-refractivity contribution is 0.0700. The van der Waals surface area contributed by atoms with Gasteiger partial charge in [-0.3, -0.25) is 9.67 Å². The van der Waals surface area contributed by atoms with Crippen molar-refractivity contribution >= 4 is 22.7 Å². The quantitative estimate of drug-likeness (QED) is 0.383. The standard InChI is InChI=1S/C23H25FN6O4.CH4/c1-29-11-14(9-26-29)18-10-25-17-5-6-21(28-23(17)27-18)30(12-15(31)13-32-2)19-7-16(33-3)8-20(34-4)22(19)24;/h5-11,15,31H,12-13H2,1-4H3;1H4. The summed E-state index contributed by atoms with van der Waals surface area (Å²) in [5, 5.41) is 14.6. The van der Waals surface area contributed by atoms with Crippen molar-refractivity contribution in [3.63, 3.8) is 0 Å². The topological polar surface area (TPSA) is 108 Å². The summed E-state index contributed by atoms with van der Waals surface area (Å²) < 4.78 is 32.6. The van der Waals surface area contributed by atoms with Crippen molar-refractivity contribution in [2.75, 3.05) is 39.4 Å². The van der Waals surface area contributed by atoms with Gasteiger partial charge in [0.25, 0.3) is 0 Å². The highest BCUT2D eigenvalue weighted by Crippen LogP contribution is 2.36. The van der Waals surface area contributed by atoms with Crippen LogP contribution >= 0.6 is 0 Å². The van der Waals surface area contributed by atoms with E-state index in [9.17, 15) is 5.11 Å². The molecule has 1 atom stereocenters. The van der Waals surface area contributed by atoms with Crippen LogP contribution in [0.1, 0.15) is 7.43 Å². The fourth-order valence-electron chi connectivity index (χ4n) is 3.52. The van der Waals surface area contributed by atoms with Crippen LogP contribution in [0, 0.1) is 5.82 Å². The Balaban J connectivity index is 0.00000342. The van der Waals surface area contributed by atoms with E-state index in [0.717, 1.165) is 5.56 Å². The molecule has 4 rings (SSSR count). The SMILES string of the molecule is C.COCC(O)CN(c1ccc2ncc(-c3cnn(C)c3)nc2n1)c1cc(OC)cc(OC)c1F. The minimum absolute atomic E-state index is 0. The lowest BCUT2D eigenvalue weighted by Crippen LogP contribution is -2.32. The van der Waals surface area contributed by atoms with E-state index in [0.29, 0.717) is 28.4 Å². The molecule has 0 fully saturated rings. The van der Waals surface area contributed by atoms with Gasteiger partial charge < -0.3 is 24.2 Å². The Morgan fingerprint density at radius 1 is 1.11 bits per heavy atom. The van der Waals surface area contributed by atoms with E-state index >= 15 is 4.39 Å². The first-order valence-corrected chi connectivity index (χ1v) is 10.4. The first-order chi connectivity index (χ1) is 16.4. The third-order valence-corrected chi connectivity index (χ3v) is 5.16. The van der Waals surface area contributed by atoms with Crippen molar-refractivity contribution in [3.8, 4) is 22.8 Å². The van der Waals surface area contributed by atoms with Crippen LogP contribution in [0.5, 0.6) is 11.5 Å². The molecule has 0 saturated heterocycles. The van der Waals surface area contributed by atoms with Crippen LogP contribution in [0.25, 0.3) is 22.4 Å². The minimum atomic E-state index is -0.924.